The van der Waals surface area contributed by atoms with Gasteiger partial charge in [-0.2, -0.15) is 13.2 Å². The van der Waals surface area contributed by atoms with Gasteiger partial charge < -0.3 is 4.74 Å². The lowest BCUT2D eigenvalue weighted by Gasteiger charge is -2.17. The van der Waals surface area contributed by atoms with E-state index in [-0.39, 0.29) is 11.4 Å². The van der Waals surface area contributed by atoms with Gasteiger partial charge in [0.1, 0.15) is 5.75 Å². The Labute approximate surface area is 244 Å². The molecule has 7 nitrogen and oxygen atoms in total. The predicted molar refractivity (Wildman–Crippen MR) is 146 cm³/mol. The van der Waals surface area contributed by atoms with Crippen LogP contribution in [0.25, 0.3) is 11.1 Å². The van der Waals surface area contributed by atoms with Gasteiger partial charge in [-0.1, -0.05) is 40.2 Å². The molecule has 0 heterocycles. The van der Waals surface area contributed by atoms with Gasteiger partial charge in [0.25, 0.3) is 20.0 Å². The topological polar surface area (TPSA) is 102 Å². The molecule has 0 bridgehead atoms. The number of nitrogens with one attached hydrogen (secondary N) is 2. The van der Waals surface area contributed by atoms with E-state index in [9.17, 15) is 43.2 Å². The average molecular weight is 695 g/mol. The van der Waals surface area contributed by atoms with Gasteiger partial charge in [-0.15, -0.1) is 13.2 Å². The molecule has 2 N–H and O–H groups in total. The maximum Gasteiger partial charge on any atom is 0.573 e. The lowest BCUT2D eigenvalue weighted by Crippen LogP contribution is -2.19. The summed E-state index contributed by atoms with van der Waals surface area (Å²) < 4.78 is 138. The van der Waals surface area contributed by atoms with Crippen molar-refractivity contribution in [3.8, 4) is 16.9 Å². The molecule has 16 heteroatoms. The standard InChI is InChI=1S/C26H17BrF6N2O5S2/c27-19-5-1-3-16(13-19)17-7-12-23(34-41(36,37)21-10-8-20(9-11-21)40-26(31,32)33)24(14-17)35-42(38,39)22-6-2-4-18(15-22)25(28,29)30/h1-15,34-35H. The minimum absolute atomic E-state index is 0.320. The van der Waals surface area contributed by atoms with Crippen LogP contribution in [0.4, 0.5) is 37.7 Å². The Morgan fingerprint density at radius 2 is 1.21 bits per heavy atom. The minimum Gasteiger partial charge on any atom is -0.406 e. The number of benzene rings is 4. The first-order valence-electron chi connectivity index (χ1n) is 11.4. The van der Waals surface area contributed by atoms with E-state index in [2.05, 4.69) is 30.1 Å². The van der Waals surface area contributed by atoms with Crippen molar-refractivity contribution in [3.05, 3.63) is 101 Å². The van der Waals surface area contributed by atoms with Gasteiger partial charge in [-0.25, -0.2) is 16.8 Å². The lowest BCUT2D eigenvalue weighted by molar-refractivity contribution is -0.274. The first-order valence-corrected chi connectivity index (χ1v) is 15.2. The van der Waals surface area contributed by atoms with Gasteiger partial charge in [0.15, 0.2) is 0 Å². The molecule has 0 aliphatic rings. The quantitative estimate of drug-likeness (QED) is 0.185. The summed E-state index contributed by atoms with van der Waals surface area (Å²) in [5, 5.41) is 0. The molecule has 0 amide bonds. The van der Waals surface area contributed by atoms with E-state index in [1.807, 2.05) is 0 Å². The molecule has 4 aromatic carbocycles. The molecule has 42 heavy (non-hydrogen) atoms. The smallest absolute Gasteiger partial charge is 0.406 e. The normalized spacial score (nSPS) is 12.5. The van der Waals surface area contributed by atoms with Crippen LogP contribution in [0.15, 0.2) is 105 Å². The lowest BCUT2D eigenvalue weighted by atomic mass is 10.0. The Bertz CT molecular complexity index is 1830. The molecule has 4 rings (SSSR count). The number of halogens is 7. The second kappa shape index (κ2) is 11.5. The highest BCUT2D eigenvalue weighted by atomic mass is 79.9. The molecule has 0 radical (unpaired) electrons. The summed E-state index contributed by atoms with van der Waals surface area (Å²) in [6.45, 7) is 0. The summed E-state index contributed by atoms with van der Waals surface area (Å²) in [7, 11) is -9.19. The summed E-state index contributed by atoms with van der Waals surface area (Å²) in [5.74, 6) is -0.672. The first-order chi connectivity index (χ1) is 19.4. The van der Waals surface area contributed by atoms with Crippen LogP contribution >= 0.6 is 15.9 Å². The number of hydrogen-bond donors (Lipinski definition) is 2. The van der Waals surface area contributed by atoms with Crippen molar-refractivity contribution in [2.24, 2.45) is 0 Å². The molecule has 0 aromatic heterocycles. The maximum absolute atomic E-state index is 13.2. The predicted octanol–water partition coefficient (Wildman–Crippen LogP) is 7.64. The number of alkyl halides is 6. The van der Waals surface area contributed by atoms with Crippen molar-refractivity contribution in [1.29, 1.82) is 0 Å². The highest BCUT2D eigenvalue weighted by Crippen LogP contribution is 2.35. The van der Waals surface area contributed by atoms with E-state index in [1.54, 1.807) is 24.3 Å². The molecule has 0 aliphatic carbocycles. The van der Waals surface area contributed by atoms with Crippen LogP contribution in [-0.2, 0) is 26.2 Å². The van der Waals surface area contributed by atoms with E-state index in [0.29, 0.717) is 27.7 Å². The van der Waals surface area contributed by atoms with Gasteiger partial charge in [0.2, 0.25) is 0 Å². The first kappa shape index (κ1) is 31.2. The van der Waals surface area contributed by atoms with E-state index >= 15 is 0 Å². The van der Waals surface area contributed by atoms with Crippen molar-refractivity contribution < 1.29 is 47.9 Å². The van der Waals surface area contributed by atoms with Crippen molar-refractivity contribution >= 4 is 47.4 Å². The third-order valence-corrected chi connectivity index (χ3v) is 8.74. The van der Waals surface area contributed by atoms with Crippen molar-refractivity contribution in [2.45, 2.75) is 22.3 Å². The number of rotatable bonds is 8. The fraction of sp³-hybridized carbons (Fsp3) is 0.0769. The summed E-state index contributed by atoms with van der Waals surface area (Å²) in [4.78, 5) is -1.22. The Hall–Kier alpha value is -3.76. The SMILES string of the molecule is O=S(=O)(Nc1ccc(-c2cccc(Br)c2)cc1NS(=O)(=O)c1cccc(C(F)(F)F)c1)c1ccc(OC(F)(F)F)cc1. The highest BCUT2D eigenvalue weighted by Gasteiger charge is 2.32. The van der Waals surface area contributed by atoms with Gasteiger partial charge in [0.05, 0.1) is 26.7 Å². The molecule has 0 saturated carbocycles. The Morgan fingerprint density at radius 1 is 0.619 bits per heavy atom. The molecule has 0 spiro atoms. The second-order valence-corrected chi connectivity index (χ2v) is 12.8. The fourth-order valence-corrected chi connectivity index (χ4v) is 6.23. The number of sulfonamides is 2. The molecule has 0 atom stereocenters. The Morgan fingerprint density at radius 3 is 1.83 bits per heavy atom. The molecular weight excluding hydrogens is 678 g/mol. The molecule has 4 aromatic rings. The van der Waals surface area contributed by atoms with Gasteiger partial charge in [-0.05, 0) is 77.9 Å². The molecule has 0 saturated heterocycles. The van der Waals surface area contributed by atoms with Crippen LogP contribution in [0.1, 0.15) is 5.56 Å². The second-order valence-electron chi connectivity index (χ2n) is 8.53. The number of anilines is 2. The molecular formula is C26H17BrF6N2O5S2. The van der Waals surface area contributed by atoms with Crippen LogP contribution < -0.4 is 14.2 Å². The van der Waals surface area contributed by atoms with Crippen LogP contribution in [0.2, 0.25) is 0 Å². The fourth-order valence-electron chi connectivity index (χ4n) is 3.63. The zero-order chi connectivity index (χ0) is 30.9. The minimum atomic E-state index is -5.00. The van der Waals surface area contributed by atoms with Gasteiger partial charge in [-0.3, -0.25) is 9.44 Å². The van der Waals surface area contributed by atoms with E-state index in [1.165, 1.54) is 18.2 Å². The zero-order valence-electron chi connectivity index (χ0n) is 20.7. The van der Waals surface area contributed by atoms with Crippen molar-refractivity contribution in [2.75, 3.05) is 9.44 Å². The summed E-state index contributed by atoms with van der Waals surface area (Å²) >= 11 is 3.31. The molecule has 0 aliphatic heterocycles. The summed E-state index contributed by atoms with van der Waals surface area (Å²) in [5.41, 5.74) is -0.884. The van der Waals surface area contributed by atoms with Crippen LogP contribution in [0, 0.1) is 0 Å². The van der Waals surface area contributed by atoms with Crippen LogP contribution in [0.5, 0.6) is 5.75 Å². The summed E-state index contributed by atoms with van der Waals surface area (Å²) in [6.07, 6.45) is -9.83. The Balaban J connectivity index is 1.74. The zero-order valence-corrected chi connectivity index (χ0v) is 23.9. The molecule has 0 fully saturated rings. The van der Waals surface area contributed by atoms with E-state index in [4.69, 9.17) is 0 Å². The number of ether oxygens (including phenoxy) is 1. The van der Waals surface area contributed by atoms with Gasteiger partial charge in [0, 0.05) is 4.47 Å². The van der Waals surface area contributed by atoms with E-state index < -0.39 is 53.7 Å². The van der Waals surface area contributed by atoms with Crippen LogP contribution in [-0.4, -0.2) is 23.2 Å². The third-order valence-electron chi connectivity index (χ3n) is 5.51. The largest absolute Gasteiger partial charge is 0.573 e. The van der Waals surface area contributed by atoms with Crippen LogP contribution in [0.3, 0.4) is 0 Å². The number of hydrogen-bond acceptors (Lipinski definition) is 5. The molecule has 0 unspecified atom stereocenters. The monoisotopic (exact) mass is 694 g/mol. The van der Waals surface area contributed by atoms with Gasteiger partial charge >= 0.3 is 12.5 Å². The molecule has 222 valence electrons. The third kappa shape index (κ3) is 7.74. The van der Waals surface area contributed by atoms with E-state index in [0.717, 1.165) is 36.4 Å². The highest BCUT2D eigenvalue weighted by molar-refractivity contribution is 9.10. The van der Waals surface area contributed by atoms with Crippen molar-refractivity contribution in [1.82, 2.24) is 0 Å². The van der Waals surface area contributed by atoms with Crippen molar-refractivity contribution in [3.63, 3.8) is 0 Å². The Kier molecular flexibility index (Phi) is 8.53. The summed E-state index contributed by atoms with van der Waals surface area (Å²) in [6, 6.07) is 16.9. The average Bonchev–Trinajstić information content (AvgIpc) is 2.88. The maximum atomic E-state index is 13.2.